The van der Waals surface area contributed by atoms with E-state index < -0.39 is 0 Å². The van der Waals surface area contributed by atoms with Crippen LogP contribution in [-0.2, 0) is 6.42 Å². The average Bonchev–Trinajstić information content (AvgIpc) is 2.97. The van der Waals surface area contributed by atoms with Crippen LogP contribution in [0.15, 0.2) is 46.9 Å². The zero-order valence-electron chi connectivity index (χ0n) is 13.4. The molecule has 0 atom stereocenters. The third kappa shape index (κ3) is 2.89. The van der Waals surface area contributed by atoms with Gasteiger partial charge in [0.15, 0.2) is 5.78 Å². The Morgan fingerprint density at radius 3 is 2.62 bits per heavy atom. The Morgan fingerprint density at radius 1 is 1.21 bits per heavy atom. The molecule has 1 N–H and O–H groups in total. The number of furan rings is 1. The van der Waals surface area contributed by atoms with Crippen LogP contribution in [-0.4, -0.2) is 10.9 Å². The van der Waals surface area contributed by atoms with Gasteiger partial charge < -0.3 is 9.52 Å². The second-order valence-corrected chi connectivity index (χ2v) is 5.70. The van der Waals surface area contributed by atoms with Crippen LogP contribution in [0.3, 0.4) is 0 Å². The number of nitriles is 1. The van der Waals surface area contributed by atoms with Crippen molar-refractivity contribution in [1.82, 2.24) is 0 Å². The standard InChI is InChI=1S/C20H17NO3/c1-2-3-4-18-19(20(23)14-6-8-15(22)9-7-14)16-11-13(12-21)5-10-17(16)24-18/h5-11,22H,2-4H2,1H3. The van der Waals surface area contributed by atoms with E-state index in [9.17, 15) is 9.90 Å². The fourth-order valence-electron chi connectivity index (χ4n) is 2.74. The molecule has 4 heteroatoms. The smallest absolute Gasteiger partial charge is 0.197 e. The highest BCUT2D eigenvalue weighted by Gasteiger charge is 2.22. The molecule has 0 bridgehead atoms. The van der Waals surface area contributed by atoms with Crippen LogP contribution < -0.4 is 0 Å². The maximum Gasteiger partial charge on any atom is 0.197 e. The number of unbranched alkanes of at least 4 members (excludes halogenated alkanes) is 1. The van der Waals surface area contributed by atoms with E-state index in [4.69, 9.17) is 9.68 Å². The van der Waals surface area contributed by atoms with Crippen LogP contribution in [0.5, 0.6) is 5.75 Å². The lowest BCUT2D eigenvalue weighted by Gasteiger charge is -2.03. The maximum absolute atomic E-state index is 13.0. The van der Waals surface area contributed by atoms with Gasteiger partial charge in [0, 0.05) is 17.4 Å². The molecule has 24 heavy (non-hydrogen) atoms. The number of fused-ring (bicyclic) bond motifs is 1. The summed E-state index contributed by atoms with van der Waals surface area (Å²) in [6, 6.07) is 13.4. The van der Waals surface area contributed by atoms with Crippen LogP contribution in [0, 0.1) is 11.3 Å². The number of aromatic hydroxyl groups is 1. The summed E-state index contributed by atoms with van der Waals surface area (Å²) in [7, 11) is 0. The van der Waals surface area contributed by atoms with Crippen molar-refractivity contribution in [1.29, 1.82) is 5.26 Å². The predicted molar refractivity (Wildman–Crippen MR) is 91.1 cm³/mol. The molecule has 0 amide bonds. The first-order valence-corrected chi connectivity index (χ1v) is 7.93. The van der Waals surface area contributed by atoms with Crippen molar-refractivity contribution in [3.05, 3.63) is 64.9 Å². The van der Waals surface area contributed by atoms with Crippen molar-refractivity contribution in [3.63, 3.8) is 0 Å². The minimum absolute atomic E-state index is 0.113. The van der Waals surface area contributed by atoms with Gasteiger partial charge in [-0.05, 0) is 48.9 Å². The molecule has 0 fully saturated rings. The molecule has 120 valence electrons. The number of carbonyl (C=O) groups is 1. The number of phenolic OH excluding ortho intramolecular Hbond substituents is 1. The molecule has 0 radical (unpaired) electrons. The Kier molecular flexibility index (Phi) is 4.35. The predicted octanol–water partition coefficient (Wildman–Crippen LogP) is 4.58. The third-order valence-electron chi connectivity index (χ3n) is 4.00. The number of ketones is 1. The highest BCUT2D eigenvalue weighted by molar-refractivity contribution is 6.17. The van der Waals surface area contributed by atoms with Gasteiger partial charge in [0.25, 0.3) is 0 Å². The van der Waals surface area contributed by atoms with E-state index in [0.717, 1.165) is 12.8 Å². The minimum Gasteiger partial charge on any atom is -0.508 e. The number of hydrogen-bond donors (Lipinski definition) is 1. The van der Waals surface area contributed by atoms with Crippen LogP contribution in [0.4, 0.5) is 0 Å². The van der Waals surface area contributed by atoms with E-state index in [-0.39, 0.29) is 11.5 Å². The van der Waals surface area contributed by atoms with Gasteiger partial charge in [-0.3, -0.25) is 4.79 Å². The molecule has 0 saturated carbocycles. The fraction of sp³-hybridized carbons (Fsp3) is 0.200. The molecule has 4 nitrogen and oxygen atoms in total. The highest BCUT2D eigenvalue weighted by atomic mass is 16.3. The average molecular weight is 319 g/mol. The lowest BCUT2D eigenvalue weighted by molar-refractivity contribution is 0.103. The van der Waals surface area contributed by atoms with Crippen molar-refractivity contribution in [2.75, 3.05) is 0 Å². The molecule has 0 spiro atoms. The van der Waals surface area contributed by atoms with Gasteiger partial charge in [0.05, 0.1) is 17.2 Å². The van der Waals surface area contributed by atoms with Gasteiger partial charge in [-0.2, -0.15) is 5.26 Å². The van der Waals surface area contributed by atoms with Gasteiger partial charge in [0.2, 0.25) is 0 Å². The van der Waals surface area contributed by atoms with Crippen LogP contribution in [0.1, 0.15) is 47.0 Å². The van der Waals surface area contributed by atoms with Gasteiger partial charge in [0.1, 0.15) is 17.1 Å². The lowest BCUT2D eigenvalue weighted by Crippen LogP contribution is -2.04. The largest absolute Gasteiger partial charge is 0.508 e. The molecule has 0 aliphatic carbocycles. The lowest BCUT2D eigenvalue weighted by atomic mass is 9.97. The quantitative estimate of drug-likeness (QED) is 0.698. The highest BCUT2D eigenvalue weighted by Crippen LogP contribution is 2.30. The van der Waals surface area contributed by atoms with Crippen molar-refractivity contribution >= 4 is 16.8 Å². The number of rotatable bonds is 5. The van der Waals surface area contributed by atoms with Crippen LogP contribution >= 0.6 is 0 Å². The molecule has 1 aromatic heterocycles. The summed E-state index contributed by atoms with van der Waals surface area (Å²) in [5.41, 5.74) is 2.10. The summed E-state index contributed by atoms with van der Waals surface area (Å²) in [5.74, 6) is 0.608. The summed E-state index contributed by atoms with van der Waals surface area (Å²) in [6.45, 7) is 2.08. The SMILES string of the molecule is CCCCc1oc2ccc(C#N)cc2c1C(=O)c1ccc(O)cc1. The van der Waals surface area contributed by atoms with Crippen molar-refractivity contribution in [2.45, 2.75) is 26.2 Å². The minimum atomic E-state index is -0.157. The van der Waals surface area contributed by atoms with Gasteiger partial charge in [-0.25, -0.2) is 0 Å². The van der Waals surface area contributed by atoms with Crippen molar-refractivity contribution in [2.24, 2.45) is 0 Å². The number of aryl methyl sites for hydroxylation is 1. The maximum atomic E-state index is 13.0. The second-order valence-electron chi connectivity index (χ2n) is 5.70. The Labute approximate surface area is 140 Å². The zero-order chi connectivity index (χ0) is 17.1. The number of phenols is 1. The molecule has 2 aromatic carbocycles. The Balaban J connectivity index is 2.16. The van der Waals surface area contributed by atoms with Crippen molar-refractivity contribution in [3.8, 4) is 11.8 Å². The summed E-state index contributed by atoms with van der Waals surface area (Å²) < 4.78 is 5.89. The molecule has 3 rings (SSSR count). The van der Waals surface area contributed by atoms with E-state index in [1.165, 1.54) is 12.1 Å². The first kappa shape index (κ1) is 15.8. The molecule has 1 heterocycles. The third-order valence-corrected chi connectivity index (χ3v) is 4.00. The number of benzene rings is 2. The first-order chi connectivity index (χ1) is 11.6. The van der Waals surface area contributed by atoms with Crippen LogP contribution in [0.25, 0.3) is 11.0 Å². The number of carbonyl (C=O) groups excluding carboxylic acids is 1. The molecule has 3 aromatic rings. The molecule has 0 aliphatic heterocycles. The Morgan fingerprint density at radius 2 is 1.96 bits per heavy atom. The van der Waals surface area contributed by atoms with E-state index in [1.807, 2.05) is 0 Å². The molecule has 0 aliphatic rings. The van der Waals surface area contributed by atoms with Crippen LogP contribution in [0.2, 0.25) is 0 Å². The fourth-order valence-corrected chi connectivity index (χ4v) is 2.74. The van der Waals surface area contributed by atoms with E-state index >= 15 is 0 Å². The number of nitrogens with zero attached hydrogens (tertiary/aromatic N) is 1. The van der Waals surface area contributed by atoms with E-state index in [1.54, 1.807) is 30.3 Å². The molecule has 0 unspecified atom stereocenters. The molecule has 0 saturated heterocycles. The van der Waals surface area contributed by atoms with E-state index in [0.29, 0.717) is 39.8 Å². The normalized spacial score (nSPS) is 10.7. The van der Waals surface area contributed by atoms with Gasteiger partial charge in [-0.15, -0.1) is 0 Å². The second kappa shape index (κ2) is 6.59. The monoisotopic (exact) mass is 319 g/mol. The molecular formula is C20H17NO3. The van der Waals surface area contributed by atoms with Gasteiger partial charge >= 0.3 is 0 Å². The number of hydrogen-bond acceptors (Lipinski definition) is 4. The van der Waals surface area contributed by atoms with Crippen molar-refractivity contribution < 1.29 is 14.3 Å². The summed E-state index contributed by atoms with van der Waals surface area (Å²) in [6.07, 6.45) is 2.58. The Hall–Kier alpha value is -3.06. The van der Waals surface area contributed by atoms with Gasteiger partial charge in [-0.1, -0.05) is 13.3 Å². The summed E-state index contributed by atoms with van der Waals surface area (Å²) in [4.78, 5) is 13.0. The summed E-state index contributed by atoms with van der Waals surface area (Å²) in [5, 5.41) is 19.2. The Bertz CT molecular complexity index is 930. The molecular weight excluding hydrogens is 302 g/mol. The zero-order valence-corrected chi connectivity index (χ0v) is 13.4. The topological polar surface area (TPSA) is 74.2 Å². The first-order valence-electron chi connectivity index (χ1n) is 7.93. The summed E-state index contributed by atoms with van der Waals surface area (Å²) >= 11 is 0. The van der Waals surface area contributed by atoms with E-state index in [2.05, 4.69) is 13.0 Å².